The number of halogens is 2. The first kappa shape index (κ1) is 15.1. The lowest BCUT2D eigenvalue weighted by atomic mass is 10.0. The summed E-state index contributed by atoms with van der Waals surface area (Å²) in [7, 11) is 4.10. The zero-order valence-electron chi connectivity index (χ0n) is 11.9. The first-order chi connectivity index (χ1) is 9.47. The largest absolute Gasteiger partial charge is 0.306 e. The van der Waals surface area contributed by atoms with Crippen LogP contribution >= 0.6 is 0 Å². The SMILES string of the molecule is CN(C)C1CCN(CC(=O)c2cc(F)ccc2F)CC1. The average molecular weight is 282 g/mol. The van der Waals surface area contributed by atoms with Gasteiger partial charge < -0.3 is 4.90 Å². The van der Waals surface area contributed by atoms with Crippen molar-refractivity contribution in [2.24, 2.45) is 0 Å². The van der Waals surface area contributed by atoms with Gasteiger partial charge >= 0.3 is 0 Å². The van der Waals surface area contributed by atoms with Gasteiger partial charge in [0.25, 0.3) is 0 Å². The molecule has 1 aromatic rings. The second-order valence-electron chi connectivity index (χ2n) is 5.52. The van der Waals surface area contributed by atoms with Gasteiger partial charge in [0.15, 0.2) is 5.78 Å². The number of rotatable bonds is 4. The third kappa shape index (κ3) is 3.61. The van der Waals surface area contributed by atoms with Crippen LogP contribution in [0.1, 0.15) is 23.2 Å². The Hall–Kier alpha value is -1.33. The van der Waals surface area contributed by atoms with Crippen molar-refractivity contribution in [2.45, 2.75) is 18.9 Å². The van der Waals surface area contributed by atoms with E-state index in [1.165, 1.54) is 0 Å². The molecule has 2 rings (SSSR count). The average Bonchev–Trinajstić information content (AvgIpc) is 2.42. The van der Waals surface area contributed by atoms with Crippen LogP contribution in [0.5, 0.6) is 0 Å². The molecule has 1 heterocycles. The second kappa shape index (κ2) is 6.41. The van der Waals surface area contributed by atoms with Crippen molar-refractivity contribution in [1.29, 1.82) is 0 Å². The van der Waals surface area contributed by atoms with Crippen LogP contribution in [0.15, 0.2) is 18.2 Å². The van der Waals surface area contributed by atoms with Crippen LogP contribution in [0.4, 0.5) is 8.78 Å². The molecule has 1 saturated heterocycles. The highest BCUT2D eigenvalue weighted by molar-refractivity contribution is 5.97. The molecule has 0 bridgehead atoms. The number of ketones is 1. The Balaban J connectivity index is 1.94. The van der Waals surface area contributed by atoms with Gasteiger partial charge in [-0.25, -0.2) is 8.78 Å². The predicted octanol–water partition coefficient (Wildman–Crippen LogP) is 2.17. The molecular weight excluding hydrogens is 262 g/mol. The Labute approximate surface area is 118 Å². The predicted molar refractivity (Wildman–Crippen MR) is 73.8 cm³/mol. The van der Waals surface area contributed by atoms with Gasteiger partial charge in [0.1, 0.15) is 11.6 Å². The molecule has 0 spiro atoms. The highest BCUT2D eigenvalue weighted by Crippen LogP contribution is 2.16. The highest BCUT2D eigenvalue weighted by atomic mass is 19.1. The maximum Gasteiger partial charge on any atom is 0.179 e. The van der Waals surface area contributed by atoms with Crippen LogP contribution < -0.4 is 0 Å². The van der Waals surface area contributed by atoms with E-state index >= 15 is 0 Å². The summed E-state index contributed by atoms with van der Waals surface area (Å²) in [5.41, 5.74) is -0.153. The van der Waals surface area contributed by atoms with Crippen molar-refractivity contribution in [3.05, 3.63) is 35.4 Å². The van der Waals surface area contributed by atoms with Crippen molar-refractivity contribution in [2.75, 3.05) is 33.7 Å². The number of carbonyl (C=O) groups excluding carboxylic acids is 1. The van der Waals surface area contributed by atoms with E-state index in [-0.39, 0.29) is 17.9 Å². The molecule has 1 aliphatic rings. The van der Waals surface area contributed by atoms with Crippen LogP contribution in [-0.2, 0) is 0 Å². The van der Waals surface area contributed by atoms with Crippen LogP contribution in [0.25, 0.3) is 0 Å². The van der Waals surface area contributed by atoms with E-state index in [1.807, 2.05) is 19.0 Å². The minimum absolute atomic E-state index is 0.153. The number of carbonyl (C=O) groups is 1. The van der Waals surface area contributed by atoms with Gasteiger partial charge in [0.2, 0.25) is 0 Å². The van der Waals surface area contributed by atoms with Crippen LogP contribution in [0, 0.1) is 11.6 Å². The van der Waals surface area contributed by atoms with E-state index in [0.29, 0.717) is 6.04 Å². The highest BCUT2D eigenvalue weighted by Gasteiger charge is 2.23. The summed E-state index contributed by atoms with van der Waals surface area (Å²) < 4.78 is 26.6. The molecule has 20 heavy (non-hydrogen) atoms. The summed E-state index contributed by atoms with van der Waals surface area (Å²) in [5, 5.41) is 0. The normalized spacial score (nSPS) is 17.6. The number of benzene rings is 1. The zero-order valence-corrected chi connectivity index (χ0v) is 11.9. The fourth-order valence-electron chi connectivity index (χ4n) is 2.59. The molecule has 1 fully saturated rings. The monoisotopic (exact) mass is 282 g/mol. The van der Waals surface area contributed by atoms with E-state index in [2.05, 4.69) is 4.90 Å². The first-order valence-electron chi connectivity index (χ1n) is 6.84. The van der Waals surface area contributed by atoms with E-state index in [0.717, 1.165) is 44.1 Å². The summed E-state index contributed by atoms with van der Waals surface area (Å²) >= 11 is 0. The molecule has 0 radical (unpaired) electrons. The molecule has 0 saturated carbocycles. The van der Waals surface area contributed by atoms with Crippen molar-refractivity contribution >= 4 is 5.78 Å². The third-order valence-corrected chi connectivity index (χ3v) is 3.88. The quantitative estimate of drug-likeness (QED) is 0.791. The molecule has 0 aliphatic carbocycles. The number of piperidine rings is 1. The molecule has 1 aliphatic heterocycles. The Bertz CT molecular complexity index is 483. The van der Waals surface area contributed by atoms with Crippen molar-refractivity contribution < 1.29 is 13.6 Å². The summed E-state index contributed by atoms with van der Waals surface area (Å²) in [6.07, 6.45) is 1.98. The fourth-order valence-corrected chi connectivity index (χ4v) is 2.59. The lowest BCUT2D eigenvalue weighted by Gasteiger charge is -2.34. The lowest BCUT2D eigenvalue weighted by molar-refractivity contribution is 0.0869. The molecule has 0 aromatic heterocycles. The van der Waals surface area contributed by atoms with Gasteiger partial charge in [-0.05, 0) is 45.1 Å². The Morgan fingerprint density at radius 2 is 1.95 bits per heavy atom. The molecule has 1 aromatic carbocycles. The maximum atomic E-state index is 13.5. The Kier molecular flexibility index (Phi) is 4.83. The summed E-state index contributed by atoms with van der Waals surface area (Å²) in [6, 6.07) is 3.53. The van der Waals surface area contributed by atoms with E-state index in [9.17, 15) is 13.6 Å². The minimum Gasteiger partial charge on any atom is -0.306 e. The Morgan fingerprint density at radius 3 is 2.55 bits per heavy atom. The van der Waals surface area contributed by atoms with Crippen molar-refractivity contribution in [3.63, 3.8) is 0 Å². The molecule has 5 heteroatoms. The van der Waals surface area contributed by atoms with E-state index in [4.69, 9.17) is 0 Å². The summed E-state index contributed by atoms with van der Waals surface area (Å²) in [4.78, 5) is 16.2. The van der Waals surface area contributed by atoms with Crippen LogP contribution in [0.2, 0.25) is 0 Å². The smallest absolute Gasteiger partial charge is 0.179 e. The summed E-state index contributed by atoms with van der Waals surface area (Å²) in [5.74, 6) is -1.59. The number of likely N-dealkylation sites (tertiary alicyclic amines) is 1. The van der Waals surface area contributed by atoms with Gasteiger partial charge in [0, 0.05) is 19.1 Å². The number of hydrogen-bond donors (Lipinski definition) is 0. The number of hydrogen-bond acceptors (Lipinski definition) is 3. The molecule has 0 N–H and O–H groups in total. The number of nitrogens with zero attached hydrogens (tertiary/aromatic N) is 2. The lowest BCUT2D eigenvalue weighted by Crippen LogP contribution is -2.43. The van der Waals surface area contributed by atoms with Crippen molar-refractivity contribution in [1.82, 2.24) is 9.80 Å². The molecule has 0 amide bonds. The summed E-state index contributed by atoms with van der Waals surface area (Å²) in [6.45, 7) is 1.78. The zero-order chi connectivity index (χ0) is 14.7. The van der Waals surface area contributed by atoms with Crippen LogP contribution in [-0.4, -0.2) is 55.4 Å². The van der Waals surface area contributed by atoms with Gasteiger partial charge in [0.05, 0.1) is 12.1 Å². The van der Waals surface area contributed by atoms with E-state index < -0.39 is 11.6 Å². The van der Waals surface area contributed by atoms with Gasteiger partial charge in [-0.1, -0.05) is 0 Å². The fraction of sp³-hybridized carbons (Fsp3) is 0.533. The molecule has 110 valence electrons. The molecule has 0 unspecified atom stereocenters. The number of Topliss-reactive ketones (excluding diaryl/α,β-unsaturated/α-hetero) is 1. The Morgan fingerprint density at radius 1 is 1.30 bits per heavy atom. The van der Waals surface area contributed by atoms with Gasteiger partial charge in [-0.15, -0.1) is 0 Å². The topological polar surface area (TPSA) is 23.6 Å². The first-order valence-corrected chi connectivity index (χ1v) is 6.84. The van der Waals surface area contributed by atoms with E-state index in [1.54, 1.807) is 0 Å². The molecular formula is C15H20F2N2O. The second-order valence-corrected chi connectivity index (χ2v) is 5.52. The van der Waals surface area contributed by atoms with Gasteiger partial charge in [-0.3, -0.25) is 9.69 Å². The molecule has 0 atom stereocenters. The maximum absolute atomic E-state index is 13.5. The minimum atomic E-state index is -0.653. The standard InChI is InChI=1S/C15H20F2N2O/c1-18(2)12-5-7-19(8-6-12)10-15(20)13-9-11(16)3-4-14(13)17/h3-4,9,12H,5-8,10H2,1-2H3. The molecule has 3 nitrogen and oxygen atoms in total. The third-order valence-electron chi connectivity index (χ3n) is 3.88. The van der Waals surface area contributed by atoms with Gasteiger partial charge in [-0.2, -0.15) is 0 Å². The van der Waals surface area contributed by atoms with Crippen molar-refractivity contribution in [3.8, 4) is 0 Å². The van der Waals surface area contributed by atoms with Crippen LogP contribution in [0.3, 0.4) is 0 Å².